The number of carbonyl (C=O) groups is 1. The Balaban J connectivity index is 2.53. The molecule has 2 N–H and O–H groups in total. The number of aldehydes is 1. The number of aryl methyl sites for hydroxylation is 1. The van der Waals surface area contributed by atoms with Crippen molar-refractivity contribution in [3.05, 3.63) is 47.5 Å². The summed E-state index contributed by atoms with van der Waals surface area (Å²) in [6.07, 6.45) is 0.893. The molecule has 2 rings (SSSR count). The summed E-state index contributed by atoms with van der Waals surface area (Å²) >= 11 is 0. The van der Waals surface area contributed by atoms with Gasteiger partial charge in [-0.25, -0.2) is 0 Å². The molecular formula is C20H26N2O3. The van der Waals surface area contributed by atoms with Crippen LogP contribution in [-0.4, -0.2) is 46.8 Å². The van der Waals surface area contributed by atoms with Gasteiger partial charge in [0, 0.05) is 49.8 Å². The maximum Gasteiger partial charge on any atom is 0.150 e. The van der Waals surface area contributed by atoms with E-state index in [0.29, 0.717) is 24.5 Å². The normalized spacial score (nSPS) is 10.7. The molecule has 0 saturated heterocycles. The smallest absolute Gasteiger partial charge is 0.150 e. The monoisotopic (exact) mass is 342 g/mol. The number of nitrogens with two attached hydrogens (primary N) is 1. The van der Waals surface area contributed by atoms with Crippen LogP contribution in [0.25, 0.3) is 11.1 Å². The first-order chi connectivity index (χ1) is 12.1. The molecule has 0 amide bonds. The summed E-state index contributed by atoms with van der Waals surface area (Å²) in [5.41, 5.74) is 11.2. The van der Waals surface area contributed by atoms with Gasteiger partial charge in [-0.05, 0) is 36.8 Å². The lowest BCUT2D eigenvalue weighted by Gasteiger charge is -2.27. The van der Waals surface area contributed by atoms with Gasteiger partial charge < -0.3 is 20.1 Å². The highest BCUT2D eigenvalue weighted by atomic mass is 16.5. The van der Waals surface area contributed by atoms with E-state index in [-0.39, 0.29) is 0 Å². The minimum atomic E-state index is 0.599. The van der Waals surface area contributed by atoms with Gasteiger partial charge in [0.15, 0.2) is 6.29 Å². The summed E-state index contributed by atoms with van der Waals surface area (Å²) in [5, 5.41) is 0. The molecule has 0 aliphatic carbocycles. The Labute approximate surface area is 149 Å². The van der Waals surface area contributed by atoms with Crippen molar-refractivity contribution in [1.82, 2.24) is 0 Å². The third-order valence-corrected chi connectivity index (χ3v) is 4.12. The van der Waals surface area contributed by atoms with Gasteiger partial charge in [-0.3, -0.25) is 4.79 Å². The number of benzene rings is 2. The van der Waals surface area contributed by atoms with Crippen molar-refractivity contribution in [2.75, 3.05) is 51.2 Å². The summed E-state index contributed by atoms with van der Waals surface area (Å²) < 4.78 is 10.5. The Morgan fingerprint density at radius 3 is 2.28 bits per heavy atom. The fourth-order valence-electron chi connectivity index (χ4n) is 2.83. The lowest BCUT2D eigenvalue weighted by Crippen LogP contribution is -2.31. The molecule has 0 aromatic heterocycles. The quantitative estimate of drug-likeness (QED) is 0.560. The predicted molar refractivity (Wildman–Crippen MR) is 102 cm³/mol. The molecule has 134 valence electrons. The number of nitrogen functional groups attached to an aromatic ring is 1. The third kappa shape index (κ3) is 4.81. The second-order valence-electron chi connectivity index (χ2n) is 5.96. The largest absolute Gasteiger partial charge is 0.399 e. The SMILES string of the molecule is COCCN(CCOC)c1ccc(N)cc1-c1ccc(C)cc1C=O. The molecule has 0 fully saturated rings. The van der Waals surface area contributed by atoms with Crippen LogP contribution in [0.2, 0.25) is 0 Å². The molecule has 0 unspecified atom stereocenters. The fraction of sp³-hybridized carbons (Fsp3) is 0.350. The van der Waals surface area contributed by atoms with Crippen LogP contribution in [0, 0.1) is 6.92 Å². The van der Waals surface area contributed by atoms with Gasteiger partial charge >= 0.3 is 0 Å². The van der Waals surface area contributed by atoms with Crippen molar-refractivity contribution in [2.45, 2.75) is 6.92 Å². The standard InChI is InChI=1S/C20H26N2O3/c1-15-4-6-18(16(12-15)14-23)19-13-17(21)5-7-20(19)22(8-10-24-2)9-11-25-3/h4-7,12-14H,8-11,21H2,1-3H3. The van der Waals surface area contributed by atoms with Crippen molar-refractivity contribution >= 4 is 17.7 Å². The van der Waals surface area contributed by atoms with Crippen molar-refractivity contribution in [3.63, 3.8) is 0 Å². The molecule has 0 atom stereocenters. The Bertz CT molecular complexity index is 708. The fourth-order valence-corrected chi connectivity index (χ4v) is 2.83. The van der Waals surface area contributed by atoms with Crippen LogP contribution in [0.5, 0.6) is 0 Å². The summed E-state index contributed by atoms with van der Waals surface area (Å²) in [4.78, 5) is 13.8. The molecule has 0 aliphatic rings. The molecule has 2 aromatic carbocycles. The van der Waals surface area contributed by atoms with Crippen molar-refractivity contribution in [2.24, 2.45) is 0 Å². The zero-order chi connectivity index (χ0) is 18.2. The number of ether oxygens (including phenoxy) is 2. The Morgan fingerprint density at radius 2 is 1.68 bits per heavy atom. The lowest BCUT2D eigenvalue weighted by molar-refractivity contribution is 0.112. The van der Waals surface area contributed by atoms with E-state index in [1.807, 2.05) is 43.3 Å². The van der Waals surface area contributed by atoms with Gasteiger partial charge in [-0.1, -0.05) is 17.7 Å². The number of methoxy groups -OCH3 is 2. The number of hydrogen-bond acceptors (Lipinski definition) is 5. The molecular weight excluding hydrogens is 316 g/mol. The third-order valence-electron chi connectivity index (χ3n) is 4.12. The molecule has 0 aliphatic heterocycles. The van der Waals surface area contributed by atoms with Gasteiger partial charge in [-0.15, -0.1) is 0 Å². The lowest BCUT2D eigenvalue weighted by atomic mass is 9.96. The van der Waals surface area contributed by atoms with E-state index in [1.54, 1.807) is 14.2 Å². The van der Waals surface area contributed by atoms with E-state index in [9.17, 15) is 4.79 Å². The second kappa shape index (κ2) is 9.20. The van der Waals surface area contributed by atoms with Gasteiger partial charge in [0.25, 0.3) is 0 Å². The predicted octanol–water partition coefficient (Wildman–Crippen LogP) is 3.16. The second-order valence-corrected chi connectivity index (χ2v) is 5.96. The Kier molecular flexibility index (Phi) is 6.98. The van der Waals surface area contributed by atoms with Crippen LogP contribution < -0.4 is 10.6 Å². The number of nitrogens with zero attached hydrogens (tertiary/aromatic N) is 1. The Morgan fingerprint density at radius 1 is 1.00 bits per heavy atom. The molecule has 25 heavy (non-hydrogen) atoms. The molecule has 5 nitrogen and oxygen atoms in total. The number of carbonyl (C=O) groups excluding carboxylic acids is 1. The first-order valence-corrected chi connectivity index (χ1v) is 8.29. The number of hydrogen-bond donors (Lipinski definition) is 1. The van der Waals surface area contributed by atoms with Crippen LogP contribution >= 0.6 is 0 Å². The average Bonchev–Trinajstić information content (AvgIpc) is 2.62. The molecule has 0 bridgehead atoms. The topological polar surface area (TPSA) is 64.8 Å². The van der Waals surface area contributed by atoms with Crippen molar-refractivity contribution in [1.29, 1.82) is 0 Å². The molecule has 0 saturated carbocycles. The van der Waals surface area contributed by atoms with Gasteiger partial charge in [0.1, 0.15) is 0 Å². The number of anilines is 2. The number of rotatable bonds is 9. The maximum absolute atomic E-state index is 11.6. The molecule has 5 heteroatoms. The van der Waals surface area contributed by atoms with E-state index in [4.69, 9.17) is 15.2 Å². The minimum Gasteiger partial charge on any atom is -0.399 e. The maximum atomic E-state index is 11.6. The molecule has 0 spiro atoms. The summed E-state index contributed by atoms with van der Waals surface area (Å²) in [6.45, 7) is 4.61. The summed E-state index contributed by atoms with van der Waals surface area (Å²) in [7, 11) is 3.37. The highest BCUT2D eigenvalue weighted by Crippen LogP contribution is 2.34. The van der Waals surface area contributed by atoms with Crippen molar-refractivity contribution in [3.8, 4) is 11.1 Å². The van der Waals surface area contributed by atoms with Crippen LogP contribution in [-0.2, 0) is 9.47 Å². The van der Waals surface area contributed by atoms with Gasteiger partial charge in [0.05, 0.1) is 13.2 Å². The molecule has 0 radical (unpaired) electrons. The first kappa shape index (κ1) is 19.0. The molecule has 2 aromatic rings. The molecule has 0 heterocycles. The van der Waals surface area contributed by atoms with E-state index in [1.165, 1.54) is 0 Å². The Hall–Kier alpha value is -2.37. The van der Waals surface area contributed by atoms with E-state index in [2.05, 4.69) is 4.90 Å². The van der Waals surface area contributed by atoms with E-state index < -0.39 is 0 Å². The van der Waals surface area contributed by atoms with Crippen LogP contribution in [0.3, 0.4) is 0 Å². The zero-order valence-electron chi connectivity index (χ0n) is 15.1. The van der Waals surface area contributed by atoms with Gasteiger partial charge in [-0.2, -0.15) is 0 Å². The first-order valence-electron chi connectivity index (χ1n) is 8.29. The minimum absolute atomic E-state index is 0.599. The summed E-state index contributed by atoms with van der Waals surface area (Å²) in [6, 6.07) is 11.7. The van der Waals surface area contributed by atoms with Crippen LogP contribution in [0.1, 0.15) is 15.9 Å². The summed E-state index contributed by atoms with van der Waals surface area (Å²) in [5.74, 6) is 0. The van der Waals surface area contributed by atoms with E-state index in [0.717, 1.165) is 41.8 Å². The van der Waals surface area contributed by atoms with Crippen LogP contribution in [0.15, 0.2) is 36.4 Å². The van der Waals surface area contributed by atoms with E-state index >= 15 is 0 Å². The van der Waals surface area contributed by atoms with Crippen molar-refractivity contribution < 1.29 is 14.3 Å². The van der Waals surface area contributed by atoms with Crippen LogP contribution in [0.4, 0.5) is 11.4 Å². The highest BCUT2D eigenvalue weighted by Gasteiger charge is 2.15. The van der Waals surface area contributed by atoms with Gasteiger partial charge in [0.2, 0.25) is 0 Å². The zero-order valence-corrected chi connectivity index (χ0v) is 15.1. The average molecular weight is 342 g/mol. The highest BCUT2D eigenvalue weighted by molar-refractivity contribution is 5.93.